The fourth-order valence-electron chi connectivity index (χ4n) is 1.78. The van der Waals surface area contributed by atoms with E-state index in [4.69, 9.17) is 4.74 Å². The molecule has 146 valence electrons. The average Bonchev–Trinajstić information content (AvgIpc) is 2.47. The Morgan fingerprint density at radius 1 is 1.27 bits per heavy atom. The first-order chi connectivity index (χ1) is 12.2. The number of nitrogens with one attached hydrogen (secondary N) is 3. The number of rotatable bonds is 9. The molecular formula is C16H26N4O4S2. The summed E-state index contributed by atoms with van der Waals surface area (Å²) in [5.41, 5.74) is -0.222. The van der Waals surface area contributed by atoms with Gasteiger partial charge in [-0.25, -0.2) is 9.78 Å². The Bertz CT molecular complexity index is 658. The molecule has 1 aromatic heterocycles. The molecule has 1 heterocycles. The second-order valence-electron chi connectivity index (χ2n) is 6.45. The van der Waals surface area contributed by atoms with Gasteiger partial charge in [-0.1, -0.05) is 21.6 Å². The number of aromatic nitrogens is 2. The van der Waals surface area contributed by atoms with Gasteiger partial charge in [-0.3, -0.25) is 19.9 Å². The lowest BCUT2D eigenvalue weighted by Gasteiger charge is -2.19. The highest BCUT2D eigenvalue weighted by Gasteiger charge is 2.15. The third-order valence-corrected chi connectivity index (χ3v) is 5.18. The van der Waals surface area contributed by atoms with E-state index in [1.807, 2.05) is 20.8 Å². The fourth-order valence-corrected chi connectivity index (χ4v) is 3.78. The Balaban J connectivity index is 2.06. The van der Waals surface area contributed by atoms with Crippen LogP contribution in [0.2, 0.25) is 0 Å². The molecule has 0 radical (unpaired) electrons. The molecule has 0 bridgehead atoms. The summed E-state index contributed by atoms with van der Waals surface area (Å²) in [5, 5.41) is 5.17. The van der Waals surface area contributed by atoms with Crippen molar-refractivity contribution in [3.05, 3.63) is 22.1 Å². The van der Waals surface area contributed by atoms with Gasteiger partial charge in [0, 0.05) is 36.2 Å². The van der Waals surface area contributed by atoms with Crippen LogP contribution in [0.5, 0.6) is 0 Å². The van der Waals surface area contributed by atoms with Crippen molar-refractivity contribution in [3.8, 4) is 0 Å². The van der Waals surface area contributed by atoms with E-state index in [2.05, 4.69) is 20.6 Å². The lowest BCUT2D eigenvalue weighted by atomic mass is 10.2. The predicted molar refractivity (Wildman–Crippen MR) is 107 cm³/mol. The van der Waals surface area contributed by atoms with Gasteiger partial charge in [0.15, 0.2) is 0 Å². The topological polar surface area (TPSA) is 113 Å². The van der Waals surface area contributed by atoms with Gasteiger partial charge in [-0.15, -0.1) is 0 Å². The van der Waals surface area contributed by atoms with E-state index in [1.54, 1.807) is 28.5 Å². The molecule has 0 saturated carbocycles. The SMILES string of the molecule is Cc1cc(=O)[nH]c(NC(=O)NCCSSCCCC(=O)OC(C)(C)C)n1. The Kier molecular flexibility index (Phi) is 9.57. The molecule has 0 aromatic carbocycles. The van der Waals surface area contributed by atoms with Crippen LogP contribution in [0.1, 0.15) is 39.3 Å². The Labute approximate surface area is 161 Å². The van der Waals surface area contributed by atoms with E-state index in [0.717, 1.165) is 17.9 Å². The number of aromatic amines is 1. The van der Waals surface area contributed by atoms with Gasteiger partial charge < -0.3 is 10.1 Å². The standard InChI is InChI=1S/C16H26N4O4S2/c1-11-10-12(21)19-14(18-11)20-15(23)17-7-9-26-25-8-5-6-13(22)24-16(2,3)4/h10H,5-9H2,1-4H3,(H3,17,18,19,20,21,23). The molecule has 0 spiro atoms. The quantitative estimate of drug-likeness (QED) is 0.331. The fraction of sp³-hybridized carbons (Fsp3) is 0.625. The molecular weight excluding hydrogens is 376 g/mol. The van der Waals surface area contributed by atoms with Crippen molar-refractivity contribution in [1.82, 2.24) is 15.3 Å². The van der Waals surface area contributed by atoms with E-state index in [9.17, 15) is 14.4 Å². The van der Waals surface area contributed by atoms with Crippen LogP contribution in [-0.2, 0) is 9.53 Å². The van der Waals surface area contributed by atoms with Gasteiger partial charge in [0.2, 0.25) is 5.95 Å². The normalized spacial score (nSPS) is 11.1. The van der Waals surface area contributed by atoms with Crippen LogP contribution in [-0.4, -0.2) is 45.6 Å². The Morgan fingerprint density at radius 3 is 2.62 bits per heavy atom. The summed E-state index contributed by atoms with van der Waals surface area (Å²) in [5.74, 6) is 1.51. The molecule has 0 aliphatic carbocycles. The van der Waals surface area contributed by atoms with Crippen molar-refractivity contribution in [1.29, 1.82) is 0 Å². The first kappa shape index (κ1) is 22.4. The highest BCUT2D eigenvalue weighted by Crippen LogP contribution is 2.22. The molecule has 10 heteroatoms. The second-order valence-corrected chi connectivity index (χ2v) is 9.15. The van der Waals surface area contributed by atoms with Crippen LogP contribution in [0.4, 0.5) is 10.7 Å². The van der Waals surface area contributed by atoms with Crippen molar-refractivity contribution >= 4 is 39.5 Å². The molecule has 3 N–H and O–H groups in total. The van der Waals surface area contributed by atoms with Gasteiger partial charge >= 0.3 is 12.0 Å². The number of aryl methyl sites for hydroxylation is 1. The molecule has 0 aliphatic heterocycles. The first-order valence-corrected chi connectivity index (χ1v) is 10.7. The van der Waals surface area contributed by atoms with Gasteiger partial charge in [0.25, 0.3) is 5.56 Å². The molecule has 1 aromatic rings. The third kappa shape index (κ3) is 11.0. The van der Waals surface area contributed by atoms with Gasteiger partial charge in [-0.05, 0) is 34.1 Å². The largest absolute Gasteiger partial charge is 0.460 e. The van der Waals surface area contributed by atoms with E-state index in [-0.39, 0.29) is 17.5 Å². The molecule has 0 atom stereocenters. The number of hydrogen-bond acceptors (Lipinski definition) is 7. The third-order valence-electron chi connectivity index (χ3n) is 2.68. The van der Waals surface area contributed by atoms with Crippen LogP contribution < -0.4 is 16.2 Å². The summed E-state index contributed by atoms with van der Waals surface area (Å²) in [6, 6.07) is 0.925. The van der Waals surface area contributed by atoms with Crippen LogP contribution in [0.15, 0.2) is 10.9 Å². The zero-order valence-electron chi connectivity index (χ0n) is 15.5. The summed E-state index contributed by atoms with van der Waals surface area (Å²) in [4.78, 5) is 41.0. The van der Waals surface area contributed by atoms with E-state index >= 15 is 0 Å². The zero-order valence-corrected chi connectivity index (χ0v) is 17.1. The molecule has 1 rings (SSSR count). The summed E-state index contributed by atoms with van der Waals surface area (Å²) in [6.07, 6.45) is 1.17. The second kappa shape index (κ2) is 11.1. The summed E-state index contributed by atoms with van der Waals surface area (Å²) in [6.45, 7) is 7.71. The summed E-state index contributed by atoms with van der Waals surface area (Å²) < 4.78 is 5.24. The number of urea groups is 1. The number of esters is 1. The smallest absolute Gasteiger partial charge is 0.321 e. The number of nitrogens with zero attached hydrogens (tertiary/aromatic N) is 1. The van der Waals surface area contributed by atoms with E-state index < -0.39 is 11.6 Å². The zero-order chi connectivity index (χ0) is 19.6. The molecule has 0 fully saturated rings. The highest BCUT2D eigenvalue weighted by molar-refractivity contribution is 8.76. The van der Waals surface area contributed by atoms with Gasteiger partial charge in [-0.2, -0.15) is 0 Å². The minimum Gasteiger partial charge on any atom is -0.460 e. The maximum Gasteiger partial charge on any atom is 0.321 e. The highest BCUT2D eigenvalue weighted by atomic mass is 33.1. The summed E-state index contributed by atoms with van der Waals surface area (Å²) >= 11 is 0. The number of carbonyl (C=O) groups is 2. The number of amides is 2. The molecule has 8 nitrogen and oxygen atoms in total. The minimum atomic E-state index is -0.438. The maximum absolute atomic E-state index is 11.7. The minimum absolute atomic E-state index is 0.122. The van der Waals surface area contributed by atoms with Crippen LogP contribution >= 0.6 is 21.6 Å². The van der Waals surface area contributed by atoms with Gasteiger partial charge in [0.05, 0.1) is 0 Å². The van der Waals surface area contributed by atoms with E-state index in [0.29, 0.717) is 18.7 Å². The average molecular weight is 403 g/mol. The number of ether oxygens (including phenoxy) is 1. The van der Waals surface area contributed by atoms with E-state index in [1.165, 1.54) is 6.07 Å². The molecule has 2 amide bonds. The summed E-state index contributed by atoms with van der Waals surface area (Å²) in [7, 11) is 3.27. The van der Waals surface area contributed by atoms with Crippen molar-refractivity contribution < 1.29 is 14.3 Å². The number of hydrogen-bond donors (Lipinski definition) is 3. The van der Waals surface area contributed by atoms with Crippen molar-refractivity contribution in [2.75, 3.05) is 23.4 Å². The molecule has 0 saturated heterocycles. The number of anilines is 1. The molecule has 0 aliphatic rings. The first-order valence-electron chi connectivity index (χ1n) is 8.25. The number of H-pyrrole nitrogens is 1. The molecule has 26 heavy (non-hydrogen) atoms. The molecule has 0 unspecified atom stereocenters. The van der Waals surface area contributed by atoms with Crippen LogP contribution in [0, 0.1) is 6.92 Å². The number of carbonyl (C=O) groups excluding carboxylic acids is 2. The monoisotopic (exact) mass is 402 g/mol. The van der Waals surface area contributed by atoms with Crippen molar-refractivity contribution in [3.63, 3.8) is 0 Å². The Morgan fingerprint density at radius 2 is 1.96 bits per heavy atom. The predicted octanol–water partition coefficient (Wildman–Crippen LogP) is 2.70. The Hall–Kier alpha value is -1.68. The van der Waals surface area contributed by atoms with Crippen molar-refractivity contribution in [2.24, 2.45) is 0 Å². The van der Waals surface area contributed by atoms with Crippen LogP contribution in [0.25, 0.3) is 0 Å². The lowest BCUT2D eigenvalue weighted by molar-refractivity contribution is -0.154. The van der Waals surface area contributed by atoms with Crippen LogP contribution in [0.3, 0.4) is 0 Å². The van der Waals surface area contributed by atoms with Crippen molar-refractivity contribution in [2.45, 2.75) is 46.1 Å². The van der Waals surface area contributed by atoms with Gasteiger partial charge in [0.1, 0.15) is 5.60 Å². The maximum atomic E-state index is 11.7. The lowest BCUT2D eigenvalue weighted by Crippen LogP contribution is -2.31.